The fourth-order valence-electron chi connectivity index (χ4n) is 5.59. The number of carbonyl (C=O) groups excluding carboxylic acids is 2. The molecule has 2 aliphatic rings. The maximum absolute atomic E-state index is 12.6. The molecule has 1 unspecified atom stereocenters. The number of aliphatic hydroxyl groups is 3. The maximum Gasteiger partial charge on any atom is 0.308 e. The third kappa shape index (κ3) is 9.92. The summed E-state index contributed by atoms with van der Waals surface area (Å²) >= 11 is 0. The van der Waals surface area contributed by atoms with Crippen molar-refractivity contribution in [2.24, 2.45) is 23.7 Å². The molecule has 232 valence electrons. The number of hydrogen-bond acceptors (Lipinski definition) is 10. The third-order valence-electron chi connectivity index (χ3n) is 8.19. The van der Waals surface area contributed by atoms with Crippen LogP contribution in [0.3, 0.4) is 0 Å². The second-order valence-electron chi connectivity index (χ2n) is 11.5. The van der Waals surface area contributed by atoms with Crippen LogP contribution in [0, 0.1) is 33.8 Å². The summed E-state index contributed by atoms with van der Waals surface area (Å²) < 4.78 is 11.1. The highest BCUT2D eigenvalue weighted by atomic mass is 16.9. The van der Waals surface area contributed by atoms with Crippen LogP contribution in [0.25, 0.3) is 0 Å². The zero-order valence-electron chi connectivity index (χ0n) is 24.5. The predicted molar refractivity (Wildman–Crippen MR) is 152 cm³/mol. The number of rotatable bonds is 15. The highest BCUT2D eigenvalue weighted by Gasteiger charge is 2.42. The van der Waals surface area contributed by atoms with Crippen molar-refractivity contribution in [3.8, 4) is 0 Å². The van der Waals surface area contributed by atoms with E-state index in [1.165, 1.54) is 0 Å². The van der Waals surface area contributed by atoms with Gasteiger partial charge >= 0.3 is 11.9 Å². The van der Waals surface area contributed by atoms with Crippen molar-refractivity contribution in [2.45, 2.75) is 96.9 Å². The lowest BCUT2D eigenvalue weighted by molar-refractivity contribution is -0.763. The van der Waals surface area contributed by atoms with E-state index >= 15 is 0 Å². The molecule has 0 amide bonds. The largest absolute Gasteiger partial charge is 0.461 e. The van der Waals surface area contributed by atoms with Gasteiger partial charge in [-0.1, -0.05) is 63.3 Å². The predicted octanol–water partition coefficient (Wildman–Crippen LogP) is 3.81. The molecule has 0 aromatic heterocycles. The molecule has 0 aliphatic heterocycles. The molecule has 11 heteroatoms. The first-order valence-electron chi connectivity index (χ1n) is 14.6. The second-order valence-corrected chi connectivity index (χ2v) is 11.5. The van der Waals surface area contributed by atoms with Crippen molar-refractivity contribution in [1.82, 2.24) is 0 Å². The van der Waals surface area contributed by atoms with Gasteiger partial charge in [-0.3, -0.25) is 9.59 Å². The molecule has 0 bridgehead atoms. The number of hydrogen-bond donors (Lipinski definition) is 3. The van der Waals surface area contributed by atoms with E-state index in [1.54, 1.807) is 24.3 Å². The molecule has 0 saturated carbocycles. The Balaban J connectivity index is 1.48. The first-order valence-corrected chi connectivity index (χ1v) is 14.6. The van der Waals surface area contributed by atoms with Gasteiger partial charge in [-0.25, -0.2) is 0 Å². The number of nitrogens with zero attached hydrogens (tertiary/aromatic N) is 1. The standard InChI is InChI=1S/C31H43NO10/c1-4-19(2)31(37)42-28-15-25(34)13-23-10-5-20(3)27(30(23)28)12-11-24(33)14-26(35)16-29(36)40-17-21-6-8-22(9-7-21)18-41-32(38)39/h5-10,13,19-20,24-28,30,33-35H,4,11-12,14-18H2,1-3H3/t19-,20-,24?,25+,26-,27-,28-,30-/m0/s1. The fourth-order valence-corrected chi connectivity index (χ4v) is 5.59. The molecule has 8 atom stereocenters. The van der Waals surface area contributed by atoms with Crippen molar-refractivity contribution in [1.29, 1.82) is 0 Å². The lowest BCUT2D eigenvalue weighted by atomic mass is 9.66. The Hall–Kier alpha value is -3.28. The van der Waals surface area contributed by atoms with Gasteiger partial charge in [-0.2, -0.15) is 0 Å². The van der Waals surface area contributed by atoms with Gasteiger partial charge in [-0.05, 0) is 54.2 Å². The Morgan fingerprint density at radius 3 is 2.43 bits per heavy atom. The Morgan fingerprint density at radius 2 is 1.79 bits per heavy atom. The van der Waals surface area contributed by atoms with E-state index in [2.05, 4.69) is 17.8 Å². The molecule has 0 radical (unpaired) electrons. The van der Waals surface area contributed by atoms with E-state index in [0.29, 0.717) is 36.8 Å². The van der Waals surface area contributed by atoms with E-state index in [0.717, 1.165) is 5.57 Å². The van der Waals surface area contributed by atoms with Crippen molar-refractivity contribution >= 4 is 11.9 Å². The van der Waals surface area contributed by atoms with Crippen LogP contribution >= 0.6 is 0 Å². The number of ether oxygens (including phenoxy) is 2. The Bertz CT molecular complexity index is 1120. The molecule has 0 spiro atoms. The molecular weight excluding hydrogens is 546 g/mol. The van der Waals surface area contributed by atoms with Gasteiger partial charge in [0.15, 0.2) is 0 Å². The van der Waals surface area contributed by atoms with Crippen LogP contribution in [0.4, 0.5) is 0 Å². The minimum atomic E-state index is -1.08. The molecule has 11 nitrogen and oxygen atoms in total. The van der Waals surface area contributed by atoms with Crippen LogP contribution in [0.15, 0.2) is 48.1 Å². The summed E-state index contributed by atoms with van der Waals surface area (Å²) in [7, 11) is 0. The number of carbonyl (C=O) groups is 2. The maximum atomic E-state index is 12.6. The van der Waals surface area contributed by atoms with E-state index in [4.69, 9.17) is 9.47 Å². The van der Waals surface area contributed by atoms with Crippen molar-refractivity contribution < 1.29 is 44.3 Å². The Kier molecular flexibility index (Phi) is 12.5. The normalized spacial score (nSPS) is 25.4. The third-order valence-corrected chi connectivity index (χ3v) is 8.19. The summed E-state index contributed by atoms with van der Waals surface area (Å²) in [6.45, 7) is 5.64. The lowest BCUT2D eigenvalue weighted by Gasteiger charge is -2.43. The minimum Gasteiger partial charge on any atom is -0.461 e. The van der Waals surface area contributed by atoms with Crippen LogP contribution in [0.5, 0.6) is 0 Å². The lowest BCUT2D eigenvalue weighted by Crippen LogP contribution is -2.43. The molecule has 3 rings (SSSR count). The molecule has 0 heterocycles. The number of allylic oxidation sites excluding steroid dienone is 2. The first kappa shape index (κ1) is 33.2. The van der Waals surface area contributed by atoms with Crippen molar-refractivity contribution in [3.05, 3.63) is 69.3 Å². The molecule has 1 aromatic carbocycles. The number of benzene rings is 1. The summed E-state index contributed by atoms with van der Waals surface area (Å²) in [4.78, 5) is 39.4. The highest BCUT2D eigenvalue weighted by molar-refractivity contribution is 5.72. The van der Waals surface area contributed by atoms with Gasteiger partial charge in [0.2, 0.25) is 0 Å². The molecule has 42 heavy (non-hydrogen) atoms. The van der Waals surface area contributed by atoms with Crippen molar-refractivity contribution in [2.75, 3.05) is 0 Å². The molecule has 3 N–H and O–H groups in total. The molecular formula is C31H43NO10. The average Bonchev–Trinajstić information content (AvgIpc) is 2.94. The quantitative estimate of drug-likeness (QED) is 0.156. The topological polar surface area (TPSA) is 166 Å². The van der Waals surface area contributed by atoms with E-state index in [-0.39, 0.29) is 55.7 Å². The van der Waals surface area contributed by atoms with E-state index in [1.807, 2.05) is 26.0 Å². The second kappa shape index (κ2) is 15.8. The Morgan fingerprint density at radius 1 is 1.12 bits per heavy atom. The van der Waals surface area contributed by atoms with Gasteiger partial charge in [0, 0.05) is 12.3 Å². The van der Waals surface area contributed by atoms with E-state index < -0.39 is 35.5 Å². The van der Waals surface area contributed by atoms with E-state index in [9.17, 15) is 35.0 Å². The zero-order valence-corrected chi connectivity index (χ0v) is 24.5. The number of aliphatic hydroxyl groups excluding tert-OH is 3. The molecule has 2 aliphatic carbocycles. The monoisotopic (exact) mass is 589 g/mol. The number of esters is 2. The first-order chi connectivity index (χ1) is 20.0. The molecule has 0 saturated heterocycles. The average molecular weight is 590 g/mol. The summed E-state index contributed by atoms with van der Waals surface area (Å²) in [5, 5.41) is 40.9. The highest BCUT2D eigenvalue weighted by Crippen LogP contribution is 2.44. The minimum absolute atomic E-state index is 0.00961. The van der Waals surface area contributed by atoms with Gasteiger partial charge in [0.05, 0.1) is 30.7 Å². The SMILES string of the molecule is CC[C@H](C)C(=O)O[C@H]1C[C@H](O)C=C2C=C[C@H](C)[C@H](CCC(O)C[C@H](O)CC(=O)OCc3ccc(CO[N+](=O)[O-])cc3)[C@H]21. The van der Waals surface area contributed by atoms with Crippen LogP contribution in [0.2, 0.25) is 0 Å². The van der Waals surface area contributed by atoms with Gasteiger partial charge in [-0.15, -0.1) is 10.1 Å². The van der Waals surface area contributed by atoms with Crippen LogP contribution < -0.4 is 0 Å². The number of fused-ring (bicyclic) bond motifs is 1. The van der Waals surface area contributed by atoms with Crippen molar-refractivity contribution in [3.63, 3.8) is 0 Å². The fraction of sp³-hybridized carbons (Fsp3) is 0.613. The van der Waals surface area contributed by atoms with Crippen LogP contribution in [-0.2, 0) is 37.1 Å². The Labute approximate surface area is 246 Å². The zero-order chi connectivity index (χ0) is 30.8. The molecule has 1 aromatic rings. The summed E-state index contributed by atoms with van der Waals surface area (Å²) in [5.74, 6) is -0.978. The smallest absolute Gasteiger partial charge is 0.308 e. The summed E-state index contributed by atoms with van der Waals surface area (Å²) in [6.07, 6.45) is 4.54. The van der Waals surface area contributed by atoms with Gasteiger partial charge in [0.1, 0.15) is 19.3 Å². The van der Waals surface area contributed by atoms with Crippen LogP contribution in [0.1, 0.15) is 70.4 Å². The summed E-state index contributed by atoms with van der Waals surface area (Å²) in [5.41, 5.74) is 2.21. The van der Waals surface area contributed by atoms with Gasteiger partial charge < -0.3 is 29.6 Å². The van der Waals surface area contributed by atoms with Crippen LogP contribution in [-0.4, -0.2) is 56.8 Å². The molecule has 0 fully saturated rings. The van der Waals surface area contributed by atoms with Gasteiger partial charge in [0.25, 0.3) is 5.09 Å². The summed E-state index contributed by atoms with van der Waals surface area (Å²) in [6, 6.07) is 6.59.